The van der Waals surface area contributed by atoms with Gasteiger partial charge in [-0.1, -0.05) is 55.4 Å². The first-order chi connectivity index (χ1) is 13.0. The van der Waals surface area contributed by atoms with Crippen molar-refractivity contribution in [3.8, 4) is 17.4 Å². The molecule has 0 radical (unpaired) electrons. The highest BCUT2D eigenvalue weighted by atomic mass is 32.2. The number of aryl methyl sites for hydroxylation is 1. The SMILES string of the molecule is COc1cccc(CSc2nc(Oc3ccc(C)cc3)cc(C(C)C)n2)c1. The Balaban J connectivity index is 1.79. The summed E-state index contributed by atoms with van der Waals surface area (Å²) in [6.45, 7) is 6.29. The van der Waals surface area contributed by atoms with Crippen molar-refractivity contribution in [3.63, 3.8) is 0 Å². The summed E-state index contributed by atoms with van der Waals surface area (Å²) >= 11 is 1.59. The zero-order chi connectivity index (χ0) is 19.2. The van der Waals surface area contributed by atoms with Gasteiger partial charge < -0.3 is 9.47 Å². The van der Waals surface area contributed by atoms with Crippen molar-refractivity contribution >= 4 is 11.8 Å². The number of nitrogens with zero attached hydrogens (tertiary/aromatic N) is 2. The Morgan fingerprint density at radius 2 is 1.74 bits per heavy atom. The first-order valence-electron chi connectivity index (χ1n) is 8.92. The second kappa shape index (κ2) is 8.91. The minimum atomic E-state index is 0.296. The van der Waals surface area contributed by atoms with E-state index in [0.29, 0.717) is 17.0 Å². The molecule has 0 atom stereocenters. The second-order valence-electron chi connectivity index (χ2n) is 6.62. The summed E-state index contributed by atoms with van der Waals surface area (Å²) in [5.74, 6) is 3.27. The first-order valence-corrected chi connectivity index (χ1v) is 9.91. The molecule has 1 heterocycles. The summed E-state index contributed by atoms with van der Waals surface area (Å²) in [6, 6.07) is 17.9. The molecule has 0 aliphatic carbocycles. The third kappa shape index (κ3) is 5.47. The lowest BCUT2D eigenvalue weighted by Crippen LogP contribution is -2.00. The van der Waals surface area contributed by atoms with Gasteiger partial charge in [0.2, 0.25) is 5.88 Å². The number of hydrogen-bond donors (Lipinski definition) is 0. The number of benzene rings is 2. The molecule has 0 amide bonds. The van der Waals surface area contributed by atoms with Crippen molar-refractivity contribution in [2.75, 3.05) is 7.11 Å². The summed E-state index contributed by atoms with van der Waals surface area (Å²) in [6.07, 6.45) is 0. The molecule has 0 saturated carbocycles. The Labute approximate surface area is 165 Å². The van der Waals surface area contributed by atoms with Gasteiger partial charge in [0.15, 0.2) is 5.16 Å². The fourth-order valence-corrected chi connectivity index (χ4v) is 3.27. The smallest absolute Gasteiger partial charge is 0.223 e. The van der Waals surface area contributed by atoms with Crippen molar-refractivity contribution in [1.82, 2.24) is 9.97 Å². The molecule has 2 aromatic carbocycles. The maximum atomic E-state index is 5.97. The van der Waals surface area contributed by atoms with Crippen LogP contribution in [0.5, 0.6) is 17.4 Å². The highest BCUT2D eigenvalue weighted by Crippen LogP contribution is 2.28. The number of rotatable bonds is 7. The van der Waals surface area contributed by atoms with Crippen LogP contribution in [0.25, 0.3) is 0 Å². The lowest BCUT2D eigenvalue weighted by molar-refractivity contribution is 0.414. The van der Waals surface area contributed by atoms with Crippen LogP contribution in [0, 0.1) is 6.92 Å². The predicted molar refractivity (Wildman–Crippen MR) is 110 cm³/mol. The van der Waals surface area contributed by atoms with Crippen LogP contribution in [0.4, 0.5) is 0 Å². The summed E-state index contributed by atoms with van der Waals surface area (Å²) in [7, 11) is 1.68. The minimum Gasteiger partial charge on any atom is -0.497 e. The molecule has 1 aromatic heterocycles. The van der Waals surface area contributed by atoms with E-state index in [4.69, 9.17) is 9.47 Å². The fraction of sp³-hybridized carbons (Fsp3) is 0.273. The normalized spacial score (nSPS) is 10.9. The second-order valence-corrected chi connectivity index (χ2v) is 7.57. The van der Waals surface area contributed by atoms with Gasteiger partial charge in [-0.15, -0.1) is 0 Å². The average molecular weight is 381 g/mol. The van der Waals surface area contributed by atoms with E-state index in [1.807, 2.05) is 48.5 Å². The van der Waals surface area contributed by atoms with E-state index in [0.717, 1.165) is 22.9 Å². The molecule has 0 bridgehead atoms. The van der Waals surface area contributed by atoms with E-state index in [2.05, 4.69) is 36.8 Å². The Morgan fingerprint density at radius 1 is 0.963 bits per heavy atom. The Bertz CT molecular complexity index is 895. The molecule has 0 unspecified atom stereocenters. The van der Waals surface area contributed by atoms with Crippen LogP contribution in [-0.2, 0) is 5.75 Å². The van der Waals surface area contributed by atoms with Crippen molar-refractivity contribution in [3.05, 3.63) is 71.4 Å². The summed E-state index contributed by atoms with van der Waals surface area (Å²) in [5.41, 5.74) is 3.33. The molecule has 140 valence electrons. The van der Waals surface area contributed by atoms with Crippen LogP contribution < -0.4 is 9.47 Å². The van der Waals surface area contributed by atoms with Crippen LogP contribution in [-0.4, -0.2) is 17.1 Å². The molecule has 0 saturated heterocycles. The molecule has 0 fully saturated rings. The van der Waals surface area contributed by atoms with E-state index in [9.17, 15) is 0 Å². The fourth-order valence-electron chi connectivity index (χ4n) is 2.47. The van der Waals surface area contributed by atoms with Crippen molar-refractivity contribution in [2.24, 2.45) is 0 Å². The Kier molecular flexibility index (Phi) is 6.35. The zero-order valence-electron chi connectivity index (χ0n) is 16.1. The van der Waals surface area contributed by atoms with Gasteiger partial charge in [0.1, 0.15) is 11.5 Å². The number of ether oxygens (including phenoxy) is 2. The quantitative estimate of drug-likeness (QED) is 0.371. The zero-order valence-corrected chi connectivity index (χ0v) is 16.9. The molecule has 0 spiro atoms. The van der Waals surface area contributed by atoms with Gasteiger partial charge in [-0.25, -0.2) is 4.98 Å². The third-order valence-electron chi connectivity index (χ3n) is 4.04. The number of aromatic nitrogens is 2. The van der Waals surface area contributed by atoms with Crippen LogP contribution in [0.15, 0.2) is 59.8 Å². The maximum Gasteiger partial charge on any atom is 0.223 e. The Morgan fingerprint density at radius 3 is 2.44 bits per heavy atom. The van der Waals surface area contributed by atoms with Gasteiger partial charge in [0.25, 0.3) is 0 Å². The lowest BCUT2D eigenvalue weighted by atomic mass is 10.1. The molecule has 5 heteroatoms. The lowest BCUT2D eigenvalue weighted by Gasteiger charge is -2.11. The van der Waals surface area contributed by atoms with Crippen molar-refractivity contribution < 1.29 is 9.47 Å². The van der Waals surface area contributed by atoms with Gasteiger partial charge in [-0.2, -0.15) is 4.98 Å². The Hall–Kier alpha value is -2.53. The predicted octanol–water partition coefficient (Wildman–Crippen LogP) is 6.00. The van der Waals surface area contributed by atoms with Gasteiger partial charge in [0, 0.05) is 11.8 Å². The molecule has 0 N–H and O–H groups in total. The molecular weight excluding hydrogens is 356 g/mol. The van der Waals surface area contributed by atoms with Gasteiger partial charge in [0.05, 0.1) is 12.8 Å². The van der Waals surface area contributed by atoms with E-state index < -0.39 is 0 Å². The molecule has 27 heavy (non-hydrogen) atoms. The summed E-state index contributed by atoms with van der Waals surface area (Å²) in [5, 5.41) is 0.714. The topological polar surface area (TPSA) is 44.2 Å². The number of thioether (sulfide) groups is 1. The van der Waals surface area contributed by atoms with Crippen LogP contribution in [0.2, 0.25) is 0 Å². The molecule has 4 nitrogen and oxygen atoms in total. The summed E-state index contributed by atoms with van der Waals surface area (Å²) < 4.78 is 11.3. The van der Waals surface area contributed by atoms with Crippen LogP contribution in [0.3, 0.4) is 0 Å². The highest BCUT2D eigenvalue weighted by molar-refractivity contribution is 7.98. The largest absolute Gasteiger partial charge is 0.497 e. The maximum absolute atomic E-state index is 5.97. The van der Waals surface area contributed by atoms with E-state index in [-0.39, 0.29) is 0 Å². The molecule has 0 aliphatic heterocycles. The van der Waals surface area contributed by atoms with Gasteiger partial charge in [-0.3, -0.25) is 0 Å². The standard InChI is InChI=1S/C22H24N2O2S/c1-15(2)20-13-21(26-18-10-8-16(3)9-11-18)24-22(23-20)27-14-17-6-5-7-19(12-17)25-4/h5-13,15H,14H2,1-4H3. The minimum absolute atomic E-state index is 0.296. The van der Waals surface area contributed by atoms with Crippen molar-refractivity contribution in [1.29, 1.82) is 0 Å². The van der Waals surface area contributed by atoms with Crippen LogP contribution >= 0.6 is 11.8 Å². The van der Waals surface area contributed by atoms with Gasteiger partial charge >= 0.3 is 0 Å². The third-order valence-corrected chi connectivity index (χ3v) is 4.96. The van der Waals surface area contributed by atoms with E-state index in [1.54, 1.807) is 18.9 Å². The number of methoxy groups -OCH3 is 1. The molecule has 3 rings (SSSR count). The van der Waals surface area contributed by atoms with Gasteiger partial charge in [-0.05, 0) is 42.7 Å². The van der Waals surface area contributed by atoms with Crippen molar-refractivity contribution in [2.45, 2.75) is 37.6 Å². The molecule has 0 aliphatic rings. The average Bonchev–Trinajstić information content (AvgIpc) is 2.68. The van der Waals surface area contributed by atoms with Crippen LogP contribution in [0.1, 0.15) is 36.6 Å². The molecule has 3 aromatic rings. The van der Waals surface area contributed by atoms with E-state index in [1.165, 1.54) is 11.1 Å². The highest BCUT2D eigenvalue weighted by Gasteiger charge is 2.11. The van der Waals surface area contributed by atoms with E-state index >= 15 is 0 Å². The first kappa shape index (κ1) is 19.2. The number of hydrogen-bond acceptors (Lipinski definition) is 5. The summed E-state index contributed by atoms with van der Waals surface area (Å²) in [4.78, 5) is 9.28. The monoisotopic (exact) mass is 380 g/mol. The molecular formula is C22H24N2O2S.